The zero-order chi connectivity index (χ0) is 21.6. The number of methoxy groups -OCH3 is 1. The van der Waals surface area contributed by atoms with Crippen LogP contribution in [0.5, 0.6) is 5.75 Å². The van der Waals surface area contributed by atoms with E-state index in [1.54, 1.807) is 7.11 Å². The lowest BCUT2D eigenvalue weighted by atomic mass is 9.62. The molecule has 5 heteroatoms. The van der Waals surface area contributed by atoms with Crippen LogP contribution in [0.1, 0.15) is 33.1 Å². The van der Waals surface area contributed by atoms with E-state index < -0.39 is 0 Å². The van der Waals surface area contributed by atoms with Crippen molar-refractivity contribution in [2.45, 2.75) is 39.2 Å². The third-order valence-electron chi connectivity index (χ3n) is 7.96. The number of allylic oxidation sites excluding steroid dienone is 3. The van der Waals surface area contributed by atoms with E-state index in [0.717, 1.165) is 57.7 Å². The number of carbonyl (C=O) groups excluding carboxylic acids is 1. The number of fused-ring (bicyclic) bond motifs is 2. The fourth-order valence-corrected chi connectivity index (χ4v) is 6.10. The van der Waals surface area contributed by atoms with Crippen LogP contribution >= 0.6 is 0 Å². The maximum atomic E-state index is 12.8. The molecule has 5 nitrogen and oxygen atoms in total. The summed E-state index contributed by atoms with van der Waals surface area (Å²) in [5, 5.41) is 0. The number of esters is 1. The smallest absolute Gasteiger partial charge is 0.311 e. The Hall–Kier alpha value is -2.27. The highest BCUT2D eigenvalue weighted by Gasteiger charge is 2.51. The molecule has 31 heavy (non-hydrogen) atoms. The molecular formula is C26H34N2O3. The van der Waals surface area contributed by atoms with Crippen LogP contribution in [0.15, 0.2) is 47.6 Å². The Morgan fingerprint density at radius 3 is 2.61 bits per heavy atom. The second-order valence-corrected chi connectivity index (χ2v) is 9.92. The van der Waals surface area contributed by atoms with Crippen LogP contribution in [0.4, 0.5) is 5.69 Å². The highest BCUT2D eigenvalue weighted by molar-refractivity contribution is 5.76. The van der Waals surface area contributed by atoms with Crippen LogP contribution in [-0.4, -0.2) is 56.8 Å². The van der Waals surface area contributed by atoms with E-state index in [-0.39, 0.29) is 29.3 Å². The molecular weight excluding hydrogens is 388 g/mol. The predicted octanol–water partition coefficient (Wildman–Crippen LogP) is 4.05. The summed E-state index contributed by atoms with van der Waals surface area (Å²) in [4.78, 5) is 17.7. The van der Waals surface area contributed by atoms with E-state index in [0.29, 0.717) is 0 Å². The van der Waals surface area contributed by atoms with Crippen molar-refractivity contribution >= 4 is 11.7 Å². The summed E-state index contributed by atoms with van der Waals surface area (Å²) < 4.78 is 11.2. The molecule has 0 spiro atoms. The number of rotatable bonds is 4. The summed E-state index contributed by atoms with van der Waals surface area (Å²) in [7, 11) is 1.70. The highest BCUT2D eigenvalue weighted by atomic mass is 16.6. The quantitative estimate of drug-likeness (QED) is 0.685. The summed E-state index contributed by atoms with van der Waals surface area (Å²) >= 11 is 0. The van der Waals surface area contributed by atoms with Gasteiger partial charge in [-0.05, 0) is 61.4 Å². The molecule has 1 aromatic carbocycles. The topological polar surface area (TPSA) is 42.0 Å². The minimum atomic E-state index is -0.0377. The van der Waals surface area contributed by atoms with Gasteiger partial charge in [0.25, 0.3) is 0 Å². The van der Waals surface area contributed by atoms with Crippen molar-refractivity contribution in [2.75, 3.05) is 44.7 Å². The first-order valence-electron chi connectivity index (χ1n) is 11.7. The molecule has 2 aliphatic carbocycles. The van der Waals surface area contributed by atoms with Gasteiger partial charge in [0.15, 0.2) is 0 Å². The Bertz CT molecular complexity index is 898. The normalized spacial score (nSPS) is 33.2. The molecule has 0 N–H and O–H groups in total. The maximum absolute atomic E-state index is 12.8. The van der Waals surface area contributed by atoms with Gasteiger partial charge < -0.3 is 14.4 Å². The molecule has 166 valence electrons. The summed E-state index contributed by atoms with van der Waals surface area (Å²) in [6, 6.07) is 8.28. The number of nitrogens with zero attached hydrogens (tertiary/aromatic N) is 2. The zero-order valence-electron chi connectivity index (χ0n) is 19.0. The van der Waals surface area contributed by atoms with Crippen molar-refractivity contribution in [1.29, 1.82) is 0 Å². The van der Waals surface area contributed by atoms with Crippen LogP contribution < -0.4 is 9.64 Å². The van der Waals surface area contributed by atoms with E-state index in [2.05, 4.69) is 47.9 Å². The van der Waals surface area contributed by atoms with Crippen LogP contribution in [0.2, 0.25) is 0 Å². The van der Waals surface area contributed by atoms with Crippen LogP contribution in [0.3, 0.4) is 0 Å². The van der Waals surface area contributed by atoms with E-state index in [4.69, 9.17) is 9.47 Å². The average molecular weight is 423 g/mol. The molecule has 1 aromatic rings. The second-order valence-electron chi connectivity index (χ2n) is 9.92. The van der Waals surface area contributed by atoms with Gasteiger partial charge in [-0.2, -0.15) is 0 Å². The molecule has 0 aromatic heterocycles. The predicted molar refractivity (Wildman–Crippen MR) is 122 cm³/mol. The molecule has 2 heterocycles. The highest BCUT2D eigenvalue weighted by Crippen LogP contribution is 2.52. The lowest BCUT2D eigenvalue weighted by Gasteiger charge is -2.43. The van der Waals surface area contributed by atoms with E-state index in [9.17, 15) is 4.79 Å². The van der Waals surface area contributed by atoms with Crippen molar-refractivity contribution in [2.24, 2.45) is 17.3 Å². The van der Waals surface area contributed by atoms with Gasteiger partial charge in [0.2, 0.25) is 0 Å². The summed E-state index contributed by atoms with van der Waals surface area (Å²) in [5.74, 6) is 1.08. The van der Waals surface area contributed by atoms with Gasteiger partial charge in [0.05, 0.1) is 13.0 Å². The number of benzene rings is 1. The summed E-state index contributed by atoms with van der Waals surface area (Å²) in [6.07, 6.45) is 8.09. The molecule has 2 aliphatic heterocycles. The van der Waals surface area contributed by atoms with Crippen molar-refractivity contribution in [3.8, 4) is 5.75 Å². The van der Waals surface area contributed by atoms with Crippen molar-refractivity contribution in [3.63, 3.8) is 0 Å². The fourth-order valence-electron chi connectivity index (χ4n) is 6.10. The number of ether oxygens (including phenoxy) is 2. The Morgan fingerprint density at radius 1 is 1.16 bits per heavy atom. The number of hydrogen-bond acceptors (Lipinski definition) is 5. The Balaban J connectivity index is 1.25. The van der Waals surface area contributed by atoms with Crippen molar-refractivity contribution in [3.05, 3.63) is 47.6 Å². The third kappa shape index (κ3) is 3.78. The van der Waals surface area contributed by atoms with Crippen molar-refractivity contribution < 1.29 is 14.3 Å². The second kappa shape index (κ2) is 8.01. The number of carbonyl (C=O) groups is 1. The monoisotopic (exact) mass is 422 g/mol. The van der Waals surface area contributed by atoms with Crippen LogP contribution in [0.25, 0.3) is 0 Å². The molecule has 2 fully saturated rings. The zero-order valence-corrected chi connectivity index (χ0v) is 19.0. The standard InChI is InChI=1S/C26H34N2O3/c1-18-5-4-10-26(2)16-24-21(15-23(18)26)22(25(29)31-24)17-27-11-13-28(14-12-27)19-6-8-20(30-3)9-7-19/h5-9,15,21-22,24H,4,10-14,16-17H2,1-3H3/t21-,22-,24+,26-/m0/s1. The molecule has 4 aliphatic rings. The van der Waals surface area contributed by atoms with E-state index in [1.165, 1.54) is 16.8 Å². The largest absolute Gasteiger partial charge is 0.497 e. The molecule has 0 radical (unpaired) electrons. The minimum absolute atomic E-state index is 0.00770. The van der Waals surface area contributed by atoms with Gasteiger partial charge >= 0.3 is 5.97 Å². The number of anilines is 1. The molecule has 0 saturated carbocycles. The molecule has 5 rings (SSSR count). The number of hydrogen-bond donors (Lipinski definition) is 0. The van der Waals surface area contributed by atoms with E-state index >= 15 is 0 Å². The first-order chi connectivity index (χ1) is 15.0. The summed E-state index contributed by atoms with van der Waals surface area (Å²) in [6.45, 7) is 9.28. The Kier molecular flexibility index (Phi) is 5.33. The lowest BCUT2D eigenvalue weighted by Crippen LogP contribution is -2.49. The fraction of sp³-hybridized carbons (Fsp3) is 0.577. The molecule has 0 bridgehead atoms. The lowest BCUT2D eigenvalue weighted by molar-refractivity contribution is -0.145. The van der Waals surface area contributed by atoms with Gasteiger partial charge in [-0.25, -0.2) is 0 Å². The first-order valence-corrected chi connectivity index (χ1v) is 11.7. The van der Waals surface area contributed by atoms with Gasteiger partial charge in [-0.1, -0.05) is 24.6 Å². The Morgan fingerprint density at radius 2 is 1.90 bits per heavy atom. The SMILES string of the molecule is COc1ccc(N2CCN(C[C@@H]3C(=O)O[C@@H]4C[C@]5(C)CCC=C(C)C5=C[C@@H]34)CC2)cc1. The number of piperazine rings is 1. The molecule has 0 unspecified atom stereocenters. The van der Waals surface area contributed by atoms with Crippen LogP contribution in [0, 0.1) is 17.3 Å². The molecule has 2 saturated heterocycles. The Labute approximate surface area is 185 Å². The van der Waals surface area contributed by atoms with Crippen molar-refractivity contribution in [1.82, 2.24) is 4.90 Å². The van der Waals surface area contributed by atoms with E-state index in [1.807, 2.05) is 12.1 Å². The third-order valence-corrected chi connectivity index (χ3v) is 7.96. The van der Waals surface area contributed by atoms with Gasteiger partial charge in [0, 0.05) is 44.3 Å². The first kappa shape index (κ1) is 20.6. The average Bonchev–Trinajstić information content (AvgIpc) is 3.06. The maximum Gasteiger partial charge on any atom is 0.311 e. The minimum Gasteiger partial charge on any atom is -0.497 e. The van der Waals surface area contributed by atoms with Gasteiger partial charge in [0.1, 0.15) is 11.9 Å². The molecule has 0 amide bonds. The molecule has 4 atom stereocenters. The van der Waals surface area contributed by atoms with Gasteiger partial charge in [-0.3, -0.25) is 9.69 Å². The summed E-state index contributed by atoms with van der Waals surface area (Å²) in [5.41, 5.74) is 4.27. The van der Waals surface area contributed by atoms with Gasteiger partial charge in [-0.15, -0.1) is 0 Å². The van der Waals surface area contributed by atoms with Crippen LogP contribution in [-0.2, 0) is 9.53 Å².